The van der Waals surface area contributed by atoms with Crippen LogP contribution in [0, 0.1) is 12.7 Å². The van der Waals surface area contributed by atoms with Gasteiger partial charge < -0.3 is 10.6 Å². The lowest BCUT2D eigenvalue weighted by Crippen LogP contribution is -2.35. The van der Waals surface area contributed by atoms with Gasteiger partial charge in [0.05, 0.1) is 6.04 Å². The van der Waals surface area contributed by atoms with Gasteiger partial charge in [-0.1, -0.05) is 18.6 Å². The Morgan fingerprint density at radius 2 is 2.29 bits per heavy atom. The molecule has 0 aliphatic carbocycles. The first-order valence-electron chi connectivity index (χ1n) is 7.85. The van der Waals surface area contributed by atoms with E-state index in [1.54, 1.807) is 13.0 Å². The minimum atomic E-state index is -0.222. The molecule has 2 unspecified atom stereocenters. The highest BCUT2D eigenvalue weighted by Gasteiger charge is 2.15. The number of piperidine rings is 1. The maximum Gasteiger partial charge on any atom is 0.220 e. The van der Waals surface area contributed by atoms with Gasteiger partial charge in [0.25, 0.3) is 0 Å². The topological polar surface area (TPSA) is 41.1 Å². The van der Waals surface area contributed by atoms with Gasteiger partial charge in [0.2, 0.25) is 5.91 Å². The standard InChI is InChI=1S/C17H25FN2O/c1-12-6-7-14(11-16(12)18)13(2)20-17(21)9-8-15-5-3-4-10-19-15/h6-7,11,13,15,19H,3-5,8-10H2,1-2H3,(H,20,21). The van der Waals surface area contributed by atoms with Crippen LogP contribution in [0.25, 0.3) is 0 Å². The number of nitrogens with one attached hydrogen (secondary N) is 2. The molecule has 1 heterocycles. The Hall–Kier alpha value is -1.42. The Bertz CT molecular complexity index is 484. The second-order valence-corrected chi connectivity index (χ2v) is 5.98. The van der Waals surface area contributed by atoms with Crippen molar-refractivity contribution in [2.45, 2.75) is 58.0 Å². The zero-order valence-corrected chi connectivity index (χ0v) is 12.9. The minimum Gasteiger partial charge on any atom is -0.350 e. The number of amides is 1. The number of carbonyl (C=O) groups excluding carboxylic acids is 1. The molecule has 116 valence electrons. The van der Waals surface area contributed by atoms with Crippen molar-refractivity contribution in [2.24, 2.45) is 0 Å². The molecular weight excluding hydrogens is 267 g/mol. The van der Waals surface area contributed by atoms with Crippen LogP contribution in [-0.4, -0.2) is 18.5 Å². The predicted octanol–water partition coefficient (Wildman–Crippen LogP) is 3.23. The maximum absolute atomic E-state index is 13.5. The first-order chi connectivity index (χ1) is 10.1. The highest BCUT2D eigenvalue weighted by atomic mass is 19.1. The highest BCUT2D eigenvalue weighted by molar-refractivity contribution is 5.76. The normalized spacial score (nSPS) is 20.0. The summed E-state index contributed by atoms with van der Waals surface area (Å²) in [6, 6.07) is 5.43. The van der Waals surface area contributed by atoms with Gasteiger partial charge >= 0.3 is 0 Å². The van der Waals surface area contributed by atoms with E-state index >= 15 is 0 Å². The summed E-state index contributed by atoms with van der Waals surface area (Å²) in [6.07, 6.45) is 5.04. The second kappa shape index (κ2) is 7.55. The fourth-order valence-electron chi connectivity index (χ4n) is 2.75. The van der Waals surface area contributed by atoms with Crippen molar-refractivity contribution in [3.63, 3.8) is 0 Å². The number of benzene rings is 1. The lowest BCUT2D eigenvalue weighted by Gasteiger charge is -2.23. The molecule has 1 fully saturated rings. The fourth-order valence-corrected chi connectivity index (χ4v) is 2.75. The van der Waals surface area contributed by atoms with Crippen molar-refractivity contribution in [3.8, 4) is 0 Å². The van der Waals surface area contributed by atoms with Gasteiger partial charge in [0, 0.05) is 12.5 Å². The van der Waals surface area contributed by atoms with E-state index in [4.69, 9.17) is 0 Å². The molecule has 2 atom stereocenters. The second-order valence-electron chi connectivity index (χ2n) is 5.98. The van der Waals surface area contributed by atoms with Crippen LogP contribution in [0.5, 0.6) is 0 Å². The van der Waals surface area contributed by atoms with E-state index in [2.05, 4.69) is 10.6 Å². The van der Waals surface area contributed by atoms with Crippen LogP contribution in [0.15, 0.2) is 18.2 Å². The van der Waals surface area contributed by atoms with Gasteiger partial charge in [0.1, 0.15) is 5.82 Å². The van der Waals surface area contributed by atoms with E-state index in [0.717, 1.165) is 24.9 Å². The zero-order chi connectivity index (χ0) is 15.2. The largest absolute Gasteiger partial charge is 0.350 e. The molecule has 0 spiro atoms. The Labute approximate surface area is 126 Å². The average molecular weight is 292 g/mol. The molecular formula is C17H25FN2O. The van der Waals surface area contributed by atoms with Crippen LogP contribution < -0.4 is 10.6 Å². The Morgan fingerprint density at radius 3 is 2.95 bits per heavy atom. The first-order valence-corrected chi connectivity index (χ1v) is 7.85. The third-order valence-corrected chi connectivity index (χ3v) is 4.21. The number of halogens is 1. The zero-order valence-electron chi connectivity index (χ0n) is 12.9. The quantitative estimate of drug-likeness (QED) is 0.875. The number of aryl methyl sites for hydroxylation is 1. The third-order valence-electron chi connectivity index (χ3n) is 4.21. The van der Waals surface area contributed by atoms with Crippen LogP contribution in [0.1, 0.15) is 56.2 Å². The molecule has 1 saturated heterocycles. The van der Waals surface area contributed by atoms with Crippen LogP contribution in [0.4, 0.5) is 4.39 Å². The molecule has 0 aromatic heterocycles. The molecule has 0 radical (unpaired) electrons. The highest BCUT2D eigenvalue weighted by Crippen LogP contribution is 2.17. The van der Waals surface area contributed by atoms with Gasteiger partial charge in [-0.05, 0) is 56.8 Å². The molecule has 1 aliphatic heterocycles. The Balaban J connectivity index is 1.79. The van der Waals surface area contributed by atoms with Crippen molar-refractivity contribution in [2.75, 3.05) is 6.54 Å². The molecule has 0 saturated carbocycles. The van der Waals surface area contributed by atoms with Crippen molar-refractivity contribution in [1.29, 1.82) is 0 Å². The van der Waals surface area contributed by atoms with E-state index in [0.29, 0.717) is 18.0 Å². The number of hydrogen-bond donors (Lipinski definition) is 2. The molecule has 1 amide bonds. The molecule has 2 rings (SSSR count). The van der Waals surface area contributed by atoms with Crippen LogP contribution in [0.3, 0.4) is 0 Å². The number of carbonyl (C=O) groups is 1. The molecule has 0 bridgehead atoms. The first kappa shape index (κ1) is 16.0. The summed E-state index contributed by atoms with van der Waals surface area (Å²) in [5.41, 5.74) is 1.43. The molecule has 1 aliphatic rings. The summed E-state index contributed by atoms with van der Waals surface area (Å²) in [4.78, 5) is 12.0. The van der Waals surface area contributed by atoms with Crippen molar-refractivity contribution >= 4 is 5.91 Å². The van der Waals surface area contributed by atoms with Gasteiger partial charge in [-0.15, -0.1) is 0 Å². The monoisotopic (exact) mass is 292 g/mol. The summed E-state index contributed by atoms with van der Waals surface area (Å²) in [7, 11) is 0. The van der Waals surface area contributed by atoms with Crippen molar-refractivity contribution in [1.82, 2.24) is 10.6 Å². The summed E-state index contributed by atoms with van der Waals surface area (Å²) in [5.74, 6) is -0.184. The van der Waals surface area contributed by atoms with Crippen LogP contribution in [0.2, 0.25) is 0 Å². The van der Waals surface area contributed by atoms with Crippen LogP contribution >= 0.6 is 0 Å². The molecule has 2 N–H and O–H groups in total. The molecule has 21 heavy (non-hydrogen) atoms. The van der Waals surface area contributed by atoms with Gasteiger partial charge in [-0.2, -0.15) is 0 Å². The molecule has 4 heteroatoms. The summed E-state index contributed by atoms with van der Waals surface area (Å²) in [5, 5.41) is 6.39. The van der Waals surface area contributed by atoms with Crippen molar-refractivity contribution < 1.29 is 9.18 Å². The van der Waals surface area contributed by atoms with Gasteiger partial charge in [0.15, 0.2) is 0 Å². The molecule has 1 aromatic rings. The van der Waals surface area contributed by atoms with Gasteiger partial charge in [-0.25, -0.2) is 4.39 Å². The van der Waals surface area contributed by atoms with E-state index in [1.165, 1.54) is 18.9 Å². The molecule has 3 nitrogen and oxygen atoms in total. The summed E-state index contributed by atoms with van der Waals surface area (Å²) >= 11 is 0. The lowest BCUT2D eigenvalue weighted by atomic mass is 10.00. The smallest absolute Gasteiger partial charge is 0.220 e. The Morgan fingerprint density at radius 1 is 1.48 bits per heavy atom. The maximum atomic E-state index is 13.5. The SMILES string of the molecule is Cc1ccc(C(C)NC(=O)CCC2CCCCN2)cc1F. The average Bonchev–Trinajstić information content (AvgIpc) is 2.49. The Kier molecular flexibility index (Phi) is 5.74. The number of rotatable bonds is 5. The van der Waals surface area contributed by atoms with E-state index in [1.807, 2.05) is 13.0 Å². The van der Waals surface area contributed by atoms with E-state index in [-0.39, 0.29) is 17.8 Å². The third kappa shape index (κ3) is 4.81. The van der Waals surface area contributed by atoms with E-state index in [9.17, 15) is 9.18 Å². The lowest BCUT2D eigenvalue weighted by molar-refractivity contribution is -0.122. The predicted molar refractivity (Wildman–Crippen MR) is 82.6 cm³/mol. The number of hydrogen-bond acceptors (Lipinski definition) is 2. The molecule has 1 aromatic carbocycles. The fraction of sp³-hybridized carbons (Fsp3) is 0.588. The van der Waals surface area contributed by atoms with Crippen molar-refractivity contribution in [3.05, 3.63) is 35.1 Å². The summed E-state index contributed by atoms with van der Waals surface area (Å²) in [6.45, 7) is 4.69. The summed E-state index contributed by atoms with van der Waals surface area (Å²) < 4.78 is 13.5. The van der Waals surface area contributed by atoms with Gasteiger partial charge in [-0.3, -0.25) is 4.79 Å². The van der Waals surface area contributed by atoms with E-state index < -0.39 is 0 Å². The van der Waals surface area contributed by atoms with Crippen LogP contribution in [-0.2, 0) is 4.79 Å². The minimum absolute atomic E-state index is 0.0378.